The van der Waals surface area contributed by atoms with E-state index in [0.717, 1.165) is 16.7 Å². The molecule has 42 heavy (non-hydrogen) atoms. The van der Waals surface area contributed by atoms with E-state index in [-0.39, 0.29) is 18.2 Å². The molecule has 0 aromatic heterocycles. The zero-order valence-corrected chi connectivity index (χ0v) is 25.9. The van der Waals surface area contributed by atoms with Gasteiger partial charge < -0.3 is 30.7 Å². The summed E-state index contributed by atoms with van der Waals surface area (Å²) >= 11 is 1.44. The van der Waals surface area contributed by atoms with Crippen molar-refractivity contribution >= 4 is 35.6 Å². The first-order valence-electron chi connectivity index (χ1n) is 13.9. The lowest BCUT2D eigenvalue weighted by Crippen LogP contribution is -2.59. The number of ether oxygens (including phenoxy) is 1. The molecule has 0 saturated carbocycles. The molecule has 0 unspecified atom stereocenters. The first kappa shape index (κ1) is 32.9. The van der Waals surface area contributed by atoms with E-state index in [0.29, 0.717) is 6.54 Å². The molecule has 1 aliphatic rings. The lowest BCUT2D eigenvalue weighted by Gasteiger charge is -2.33. The highest BCUT2D eigenvalue weighted by atomic mass is 32.2. The summed E-state index contributed by atoms with van der Waals surface area (Å²) in [6, 6.07) is 15.0. The number of nitrogens with zero attached hydrogens (tertiary/aromatic N) is 1. The van der Waals surface area contributed by atoms with E-state index in [9.17, 15) is 24.3 Å². The fraction of sp³-hybridized carbons (Fsp3) is 0.484. The van der Waals surface area contributed by atoms with Gasteiger partial charge in [-0.25, -0.2) is 4.79 Å². The Balaban J connectivity index is 1.74. The molecule has 0 spiro atoms. The van der Waals surface area contributed by atoms with Gasteiger partial charge in [0.05, 0.1) is 11.9 Å². The van der Waals surface area contributed by atoms with Gasteiger partial charge in [0.2, 0.25) is 11.8 Å². The summed E-state index contributed by atoms with van der Waals surface area (Å²) in [5, 5.41) is 19.4. The van der Waals surface area contributed by atoms with Crippen LogP contribution in [0, 0.1) is 6.92 Å². The molecule has 0 aliphatic carbocycles. The average Bonchev–Trinajstić information content (AvgIpc) is 3.24. The summed E-state index contributed by atoms with van der Waals surface area (Å²) in [6.07, 6.45) is -2.25. The lowest BCUT2D eigenvalue weighted by molar-refractivity contribution is -0.147. The lowest BCUT2D eigenvalue weighted by atomic mass is 9.97. The van der Waals surface area contributed by atoms with E-state index in [1.807, 2.05) is 75.4 Å². The van der Waals surface area contributed by atoms with Gasteiger partial charge in [0.15, 0.2) is 6.10 Å². The number of aryl methyl sites for hydroxylation is 1. The van der Waals surface area contributed by atoms with Crippen molar-refractivity contribution in [1.82, 2.24) is 20.9 Å². The molecule has 228 valence electrons. The second-order valence-electron chi connectivity index (χ2n) is 11.9. The number of thioether (sulfide) groups is 1. The highest BCUT2D eigenvalue weighted by molar-refractivity contribution is 8.00. The fourth-order valence-corrected chi connectivity index (χ4v) is 5.82. The van der Waals surface area contributed by atoms with Crippen LogP contribution in [0.2, 0.25) is 0 Å². The topological polar surface area (TPSA) is 137 Å². The predicted octanol–water partition coefficient (Wildman–Crippen LogP) is 2.90. The van der Waals surface area contributed by atoms with Crippen LogP contribution in [-0.4, -0.2) is 74.8 Å². The van der Waals surface area contributed by atoms with Crippen molar-refractivity contribution < 1.29 is 29.0 Å². The van der Waals surface area contributed by atoms with Gasteiger partial charge in [-0.3, -0.25) is 14.4 Å². The number of rotatable bonds is 10. The Kier molecular flexibility index (Phi) is 11.0. The molecule has 2 aromatic carbocycles. The Labute approximate surface area is 252 Å². The van der Waals surface area contributed by atoms with Crippen molar-refractivity contribution in [3.8, 4) is 0 Å². The van der Waals surface area contributed by atoms with Gasteiger partial charge in [-0.05, 0) is 64.7 Å². The molecule has 3 atom stereocenters. The van der Waals surface area contributed by atoms with E-state index in [1.165, 1.54) is 16.7 Å². The minimum atomic E-state index is -1.64. The van der Waals surface area contributed by atoms with E-state index in [2.05, 4.69) is 16.0 Å². The number of amides is 4. The molecule has 11 heteroatoms. The van der Waals surface area contributed by atoms with Crippen LogP contribution in [0.1, 0.15) is 51.3 Å². The fourth-order valence-electron chi connectivity index (χ4n) is 4.68. The van der Waals surface area contributed by atoms with Crippen LogP contribution in [0.25, 0.3) is 0 Å². The second kappa shape index (κ2) is 14.1. The SMILES string of the molecule is Cc1ccccc1CNC(=O)[C@H]1N(C(=O)[C@@H](O)[C@H](Cc2ccccc2)NC(=O)CNC(=O)OC(C)(C)C)CSC1(C)C. The van der Waals surface area contributed by atoms with Gasteiger partial charge in [-0.2, -0.15) is 0 Å². The van der Waals surface area contributed by atoms with E-state index < -0.39 is 53.0 Å². The molecule has 4 amide bonds. The van der Waals surface area contributed by atoms with Crippen LogP contribution >= 0.6 is 11.8 Å². The number of carbonyl (C=O) groups excluding carboxylic acids is 4. The largest absolute Gasteiger partial charge is 0.444 e. The zero-order chi connectivity index (χ0) is 31.1. The Bertz CT molecular complexity index is 1260. The van der Waals surface area contributed by atoms with Gasteiger partial charge >= 0.3 is 6.09 Å². The standard InChI is InChI=1S/C31H42N4O6S/c1-20-12-10-11-15-22(20)17-32-27(38)26-31(5,6)42-19-35(26)28(39)25(37)23(16-21-13-8-7-9-14-21)34-24(36)18-33-29(40)41-30(2,3)4/h7-15,23,25-26,37H,16-19H2,1-6H3,(H,32,38)(H,33,40)(H,34,36)/t23-,25-,26+/m0/s1. The van der Waals surface area contributed by atoms with Crippen LogP contribution in [0.3, 0.4) is 0 Å². The van der Waals surface area contributed by atoms with Crippen molar-refractivity contribution in [2.24, 2.45) is 0 Å². The van der Waals surface area contributed by atoms with Crippen molar-refractivity contribution in [2.45, 2.75) is 83.0 Å². The molecule has 2 aromatic rings. The molecule has 0 bridgehead atoms. The van der Waals surface area contributed by atoms with Crippen molar-refractivity contribution in [2.75, 3.05) is 12.4 Å². The van der Waals surface area contributed by atoms with Crippen LogP contribution in [0.15, 0.2) is 54.6 Å². The summed E-state index contributed by atoms with van der Waals surface area (Å²) in [4.78, 5) is 53.4. The number of aliphatic hydroxyl groups excluding tert-OH is 1. The molecule has 1 saturated heterocycles. The van der Waals surface area contributed by atoms with E-state index in [1.54, 1.807) is 20.8 Å². The minimum Gasteiger partial charge on any atom is -0.444 e. The number of hydrogen-bond donors (Lipinski definition) is 4. The first-order valence-corrected chi connectivity index (χ1v) is 14.9. The molecule has 10 nitrogen and oxygen atoms in total. The minimum absolute atomic E-state index is 0.153. The van der Waals surface area contributed by atoms with Crippen LogP contribution in [0.4, 0.5) is 4.79 Å². The number of carbonyl (C=O) groups is 4. The normalized spacial score (nSPS) is 17.6. The molecule has 1 fully saturated rings. The monoisotopic (exact) mass is 598 g/mol. The third kappa shape index (κ3) is 9.22. The third-order valence-corrected chi connectivity index (χ3v) is 8.24. The highest BCUT2D eigenvalue weighted by Gasteiger charge is 2.49. The quantitative estimate of drug-likeness (QED) is 0.330. The molecular formula is C31H42N4O6S. The molecule has 1 heterocycles. The van der Waals surface area contributed by atoms with Crippen LogP contribution in [-0.2, 0) is 32.1 Å². The van der Waals surface area contributed by atoms with E-state index in [4.69, 9.17) is 4.74 Å². The summed E-state index contributed by atoms with van der Waals surface area (Å²) in [6.45, 7) is 10.8. The van der Waals surface area contributed by atoms with Crippen molar-refractivity contribution in [3.05, 3.63) is 71.3 Å². The van der Waals surface area contributed by atoms with Gasteiger partial charge in [-0.1, -0.05) is 54.6 Å². The van der Waals surface area contributed by atoms with Gasteiger partial charge in [-0.15, -0.1) is 11.8 Å². The highest BCUT2D eigenvalue weighted by Crippen LogP contribution is 2.40. The summed E-state index contributed by atoms with van der Waals surface area (Å²) < 4.78 is 4.56. The maximum absolute atomic E-state index is 13.8. The summed E-state index contributed by atoms with van der Waals surface area (Å²) in [7, 11) is 0. The smallest absolute Gasteiger partial charge is 0.408 e. The number of benzene rings is 2. The zero-order valence-electron chi connectivity index (χ0n) is 25.1. The van der Waals surface area contributed by atoms with Crippen LogP contribution < -0.4 is 16.0 Å². The van der Waals surface area contributed by atoms with Gasteiger partial charge in [0.25, 0.3) is 5.91 Å². The Morgan fingerprint density at radius 3 is 2.33 bits per heavy atom. The second-order valence-corrected chi connectivity index (χ2v) is 13.5. The number of hydrogen-bond acceptors (Lipinski definition) is 7. The average molecular weight is 599 g/mol. The predicted molar refractivity (Wildman–Crippen MR) is 163 cm³/mol. The molecule has 3 rings (SSSR count). The van der Waals surface area contributed by atoms with Crippen molar-refractivity contribution in [3.63, 3.8) is 0 Å². The number of alkyl carbamates (subject to hydrolysis) is 1. The number of nitrogens with one attached hydrogen (secondary N) is 3. The molecule has 0 radical (unpaired) electrons. The first-order chi connectivity index (χ1) is 19.7. The van der Waals surface area contributed by atoms with Gasteiger partial charge in [0.1, 0.15) is 18.2 Å². The summed E-state index contributed by atoms with van der Waals surface area (Å²) in [5.41, 5.74) is 2.07. The maximum atomic E-state index is 13.8. The van der Waals surface area contributed by atoms with Crippen LogP contribution in [0.5, 0.6) is 0 Å². The Morgan fingerprint density at radius 2 is 1.69 bits per heavy atom. The molecular weight excluding hydrogens is 556 g/mol. The van der Waals surface area contributed by atoms with Crippen molar-refractivity contribution in [1.29, 1.82) is 0 Å². The molecule has 1 aliphatic heterocycles. The van der Waals surface area contributed by atoms with E-state index >= 15 is 0 Å². The third-order valence-electron chi connectivity index (χ3n) is 6.86. The molecule has 4 N–H and O–H groups in total. The summed E-state index contributed by atoms with van der Waals surface area (Å²) in [5.74, 6) is -1.38. The Hall–Kier alpha value is -3.57. The number of aliphatic hydroxyl groups is 1. The maximum Gasteiger partial charge on any atom is 0.408 e. The van der Waals surface area contributed by atoms with Gasteiger partial charge in [0, 0.05) is 11.3 Å². The Morgan fingerprint density at radius 1 is 1.05 bits per heavy atom.